The molecule has 0 unspecified atom stereocenters. The van der Waals surface area contributed by atoms with Crippen molar-refractivity contribution in [2.45, 2.75) is 34.9 Å². The minimum atomic E-state index is -0.288. The predicted octanol–water partition coefficient (Wildman–Crippen LogP) is 4.91. The standard InChI is InChI=1S/C19H19BrO3S/c1-3-23-18(21)12-15-11-14(19(22)13(2)20)9-10-17(15)24-16-7-5-4-6-8-16/h4-11,13H,3,12H2,1-2H3/t13-/m1/s1. The van der Waals surface area contributed by atoms with Crippen molar-refractivity contribution < 1.29 is 14.3 Å². The molecule has 0 aliphatic heterocycles. The summed E-state index contributed by atoms with van der Waals surface area (Å²) in [6, 6.07) is 15.4. The molecule has 1 atom stereocenters. The van der Waals surface area contributed by atoms with Crippen LogP contribution >= 0.6 is 27.7 Å². The van der Waals surface area contributed by atoms with Gasteiger partial charge in [0.05, 0.1) is 17.9 Å². The second-order valence-electron chi connectivity index (χ2n) is 5.20. The van der Waals surface area contributed by atoms with Gasteiger partial charge in [-0.05, 0) is 43.7 Å². The summed E-state index contributed by atoms with van der Waals surface area (Å²) in [7, 11) is 0. The average molecular weight is 407 g/mol. The molecular formula is C19H19BrO3S. The maximum atomic E-state index is 12.2. The molecule has 0 spiro atoms. The number of alkyl halides is 1. The van der Waals surface area contributed by atoms with Gasteiger partial charge in [-0.25, -0.2) is 0 Å². The number of ether oxygens (including phenoxy) is 1. The third-order valence-electron chi connectivity index (χ3n) is 3.32. The Kier molecular flexibility index (Phi) is 7.06. The molecule has 0 aromatic heterocycles. The fourth-order valence-corrected chi connectivity index (χ4v) is 3.39. The molecule has 2 aromatic carbocycles. The van der Waals surface area contributed by atoms with Crippen molar-refractivity contribution in [3.05, 3.63) is 59.7 Å². The Hall–Kier alpha value is -1.59. The molecule has 5 heteroatoms. The van der Waals surface area contributed by atoms with Crippen molar-refractivity contribution in [1.82, 2.24) is 0 Å². The molecule has 0 bridgehead atoms. The number of hydrogen-bond donors (Lipinski definition) is 0. The summed E-state index contributed by atoms with van der Waals surface area (Å²) in [5, 5.41) is 0. The zero-order valence-electron chi connectivity index (χ0n) is 13.6. The van der Waals surface area contributed by atoms with Crippen molar-refractivity contribution in [3.63, 3.8) is 0 Å². The van der Waals surface area contributed by atoms with Gasteiger partial charge in [0.15, 0.2) is 5.78 Å². The summed E-state index contributed by atoms with van der Waals surface area (Å²) in [6.07, 6.45) is 0.154. The molecule has 0 N–H and O–H groups in total. The van der Waals surface area contributed by atoms with Crippen LogP contribution in [0.25, 0.3) is 0 Å². The minimum Gasteiger partial charge on any atom is -0.466 e. The summed E-state index contributed by atoms with van der Waals surface area (Å²) in [4.78, 5) is 25.9. The first-order valence-corrected chi connectivity index (χ1v) is 9.44. The molecule has 0 fully saturated rings. The number of esters is 1. The Labute approximate surface area is 154 Å². The second kappa shape index (κ2) is 9.04. The van der Waals surface area contributed by atoms with Crippen molar-refractivity contribution in [2.24, 2.45) is 0 Å². The number of carbonyl (C=O) groups excluding carboxylic acids is 2. The van der Waals surface area contributed by atoms with E-state index < -0.39 is 0 Å². The Morgan fingerprint density at radius 1 is 1.17 bits per heavy atom. The predicted molar refractivity (Wildman–Crippen MR) is 100 cm³/mol. The van der Waals surface area contributed by atoms with E-state index in [4.69, 9.17) is 4.74 Å². The van der Waals surface area contributed by atoms with E-state index in [9.17, 15) is 9.59 Å². The van der Waals surface area contributed by atoms with E-state index in [0.717, 1.165) is 15.4 Å². The average Bonchev–Trinajstić information content (AvgIpc) is 2.57. The third-order valence-corrected chi connectivity index (χ3v) is 4.86. The monoisotopic (exact) mass is 406 g/mol. The van der Waals surface area contributed by atoms with Gasteiger partial charge in [0, 0.05) is 15.4 Å². The molecule has 0 aliphatic rings. The van der Waals surface area contributed by atoms with Crippen molar-refractivity contribution in [3.8, 4) is 0 Å². The van der Waals surface area contributed by atoms with E-state index in [1.165, 1.54) is 0 Å². The number of carbonyl (C=O) groups is 2. The first-order chi connectivity index (χ1) is 11.5. The minimum absolute atomic E-state index is 0.00336. The van der Waals surface area contributed by atoms with Crippen LogP contribution < -0.4 is 0 Å². The Morgan fingerprint density at radius 2 is 1.88 bits per heavy atom. The molecule has 126 valence electrons. The smallest absolute Gasteiger partial charge is 0.310 e. The molecule has 2 aromatic rings. The van der Waals surface area contributed by atoms with Gasteiger partial charge in [0.1, 0.15) is 0 Å². The van der Waals surface area contributed by atoms with Crippen LogP contribution in [0.15, 0.2) is 58.3 Å². The van der Waals surface area contributed by atoms with Gasteiger partial charge in [-0.15, -0.1) is 0 Å². The summed E-state index contributed by atoms with van der Waals surface area (Å²) < 4.78 is 5.06. The number of rotatable bonds is 7. The molecule has 3 nitrogen and oxygen atoms in total. The van der Waals surface area contributed by atoms with E-state index in [1.807, 2.05) is 36.4 Å². The van der Waals surface area contributed by atoms with Crippen LogP contribution in [0.1, 0.15) is 29.8 Å². The Morgan fingerprint density at radius 3 is 2.50 bits per heavy atom. The van der Waals surface area contributed by atoms with Crippen LogP contribution in [-0.4, -0.2) is 23.2 Å². The van der Waals surface area contributed by atoms with Crippen LogP contribution in [0.4, 0.5) is 0 Å². The van der Waals surface area contributed by atoms with Gasteiger partial charge in [-0.3, -0.25) is 9.59 Å². The zero-order chi connectivity index (χ0) is 17.5. The van der Waals surface area contributed by atoms with Crippen molar-refractivity contribution in [1.29, 1.82) is 0 Å². The summed E-state index contributed by atoms with van der Waals surface area (Å²) in [5.41, 5.74) is 1.40. The topological polar surface area (TPSA) is 43.4 Å². The number of hydrogen-bond acceptors (Lipinski definition) is 4. The highest BCUT2D eigenvalue weighted by Crippen LogP contribution is 2.32. The van der Waals surface area contributed by atoms with Crippen molar-refractivity contribution in [2.75, 3.05) is 6.61 Å². The van der Waals surface area contributed by atoms with Crippen LogP contribution in [0.3, 0.4) is 0 Å². The second-order valence-corrected chi connectivity index (χ2v) is 7.69. The highest BCUT2D eigenvalue weighted by atomic mass is 79.9. The molecule has 0 saturated carbocycles. The van der Waals surface area contributed by atoms with Crippen LogP contribution in [0.5, 0.6) is 0 Å². The highest BCUT2D eigenvalue weighted by molar-refractivity contribution is 9.10. The molecule has 0 amide bonds. The molecule has 24 heavy (non-hydrogen) atoms. The Balaban J connectivity index is 2.33. The number of Topliss-reactive ketones (excluding diaryl/α,β-unsaturated/α-hetero) is 1. The first-order valence-electron chi connectivity index (χ1n) is 7.71. The van der Waals surface area contributed by atoms with E-state index in [-0.39, 0.29) is 23.0 Å². The van der Waals surface area contributed by atoms with Gasteiger partial charge in [-0.2, -0.15) is 0 Å². The number of benzene rings is 2. The zero-order valence-corrected chi connectivity index (χ0v) is 16.0. The Bertz CT molecular complexity index is 714. The van der Waals surface area contributed by atoms with Gasteiger partial charge in [0.2, 0.25) is 0 Å². The summed E-state index contributed by atoms with van der Waals surface area (Å²) in [6.45, 7) is 3.92. The van der Waals surface area contributed by atoms with Gasteiger partial charge in [0.25, 0.3) is 0 Å². The quantitative estimate of drug-likeness (QED) is 0.372. The lowest BCUT2D eigenvalue weighted by Gasteiger charge is -2.12. The molecule has 0 saturated heterocycles. The lowest BCUT2D eigenvalue weighted by atomic mass is 10.0. The summed E-state index contributed by atoms with van der Waals surface area (Å²) in [5.74, 6) is -0.291. The molecule has 0 aliphatic carbocycles. The van der Waals surface area contributed by atoms with Gasteiger partial charge in [-0.1, -0.05) is 52.0 Å². The van der Waals surface area contributed by atoms with Crippen molar-refractivity contribution >= 4 is 39.4 Å². The van der Waals surface area contributed by atoms with E-state index in [1.54, 1.807) is 37.7 Å². The first kappa shape index (κ1) is 18.7. The third kappa shape index (κ3) is 5.21. The lowest BCUT2D eigenvalue weighted by Crippen LogP contribution is -2.12. The molecule has 0 radical (unpaired) electrons. The molecule has 0 heterocycles. The maximum absolute atomic E-state index is 12.2. The summed E-state index contributed by atoms with van der Waals surface area (Å²) >= 11 is 4.88. The van der Waals surface area contributed by atoms with Crippen LogP contribution in [0, 0.1) is 0 Å². The van der Waals surface area contributed by atoms with E-state index >= 15 is 0 Å². The largest absolute Gasteiger partial charge is 0.466 e. The molecular weight excluding hydrogens is 388 g/mol. The van der Waals surface area contributed by atoms with E-state index in [2.05, 4.69) is 15.9 Å². The van der Waals surface area contributed by atoms with Crippen LogP contribution in [-0.2, 0) is 16.0 Å². The fraction of sp³-hybridized carbons (Fsp3) is 0.263. The van der Waals surface area contributed by atoms with E-state index in [0.29, 0.717) is 12.2 Å². The van der Waals surface area contributed by atoms with Gasteiger partial charge < -0.3 is 4.74 Å². The normalized spacial score (nSPS) is 11.8. The maximum Gasteiger partial charge on any atom is 0.310 e. The van der Waals surface area contributed by atoms with Crippen LogP contribution in [0.2, 0.25) is 0 Å². The number of halogens is 1. The molecule has 2 rings (SSSR count). The SMILES string of the molecule is CCOC(=O)Cc1cc(C(=O)[C@@H](C)Br)ccc1Sc1ccccc1. The fourth-order valence-electron chi connectivity index (χ4n) is 2.18. The lowest BCUT2D eigenvalue weighted by molar-refractivity contribution is -0.142. The number of ketones is 1. The van der Waals surface area contributed by atoms with Gasteiger partial charge >= 0.3 is 5.97 Å². The highest BCUT2D eigenvalue weighted by Gasteiger charge is 2.16.